The Labute approximate surface area is 128 Å². The van der Waals surface area contributed by atoms with Gasteiger partial charge in [-0.3, -0.25) is 9.20 Å². The molecule has 0 bridgehead atoms. The summed E-state index contributed by atoms with van der Waals surface area (Å²) in [6.45, 7) is 4.05. The maximum Gasteiger partial charge on any atom is 0.326 e. The molecule has 0 spiro atoms. The molecule has 114 valence electrons. The molecule has 0 aromatic carbocycles. The van der Waals surface area contributed by atoms with E-state index in [9.17, 15) is 4.79 Å². The number of hydrogen-bond acceptors (Lipinski definition) is 6. The summed E-state index contributed by atoms with van der Waals surface area (Å²) in [4.78, 5) is 12.0. The van der Waals surface area contributed by atoms with Gasteiger partial charge in [-0.05, 0) is 39.4 Å². The highest BCUT2D eigenvalue weighted by Crippen LogP contribution is 2.21. The second-order valence-electron chi connectivity index (χ2n) is 4.81. The summed E-state index contributed by atoms with van der Waals surface area (Å²) in [5.74, 6) is 0.519. The van der Waals surface area contributed by atoms with Crippen molar-refractivity contribution in [3.05, 3.63) is 24.4 Å². The monoisotopic (exact) mass is 308 g/mol. The topological polar surface area (TPSA) is 68.5 Å². The number of ether oxygens (including phenoxy) is 1. The Hall–Kier alpha value is -1.60. The molecule has 0 fully saturated rings. The zero-order valence-corrected chi connectivity index (χ0v) is 13.3. The third kappa shape index (κ3) is 3.54. The van der Waals surface area contributed by atoms with Gasteiger partial charge >= 0.3 is 5.97 Å². The van der Waals surface area contributed by atoms with Gasteiger partial charge in [0.05, 0.1) is 6.61 Å². The van der Waals surface area contributed by atoms with E-state index in [1.165, 1.54) is 0 Å². The van der Waals surface area contributed by atoms with E-state index in [1.54, 1.807) is 18.8 Å². The molecule has 2 aromatic heterocycles. The minimum absolute atomic E-state index is 0.223. The molecule has 21 heavy (non-hydrogen) atoms. The highest BCUT2D eigenvalue weighted by molar-refractivity contribution is 7.99. The van der Waals surface area contributed by atoms with Crippen molar-refractivity contribution < 1.29 is 9.53 Å². The number of rotatable bonds is 7. The van der Waals surface area contributed by atoms with Gasteiger partial charge in [-0.1, -0.05) is 17.8 Å². The summed E-state index contributed by atoms with van der Waals surface area (Å²) >= 11 is 1.58. The summed E-state index contributed by atoms with van der Waals surface area (Å²) < 4.78 is 7.05. The molecule has 0 radical (unpaired) electrons. The van der Waals surface area contributed by atoms with Crippen LogP contribution in [0.5, 0.6) is 0 Å². The molecule has 0 saturated heterocycles. The van der Waals surface area contributed by atoms with Crippen molar-refractivity contribution in [3.63, 3.8) is 0 Å². The van der Waals surface area contributed by atoms with Gasteiger partial charge in [-0.2, -0.15) is 0 Å². The molecule has 0 amide bonds. The predicted molar refractivity (Wildman–Crippen MR) is 82.4 cm³/mol. The van der Waals surface area contributed by atoms with Gasteiger partial charge in [0.2, 0.25) is 0 Å². The van der Waals surface area contributed by atoms with E-state index in [0.29, 0.717) is 13.0 Å². The third-order valence-electron chi connectivity index (χ3n) is 3.39. The van der Waals surface area contributed by atoms with Crippen LogP contribution >= 0.6 is 11.8 Å². The number of likely N-dealkylation sites (N-methyl/N-ethyl adjacent to an activating group) is 1. The number of hydrogen-bond donors (Lipinski definition) is 1. The molecular weight excluding hydrogens is 288 g/mol. The lowest BCUT2D eigenvalue weighted by atomic mass is 10.00. The Balaban J connectivity index is 1.98. The lowest BCUT2D eigenvalue weighted by Gasteiger charge is -2.26. The van der Waals surface area contributed by atoms with Gasteiger partial charge < -0.3 is 10.1 Å². The standard InChI is InChI=1S/C14H20N4O2S/c1-4-20-12(19)14(2,15-3)8-10-21-13-17-16-11-7-5-6-9-18(11)13/h5-7,9,15H,4,8,10H2,1-3H3. The van der Waals surface area contributed by atoms with Crippen molar-refractivity contribution in [2.45, 2.75) is 31.0 Å². The number of pyridine rings is 1. The molecule has 2 rings (SSSR count). The Morgan fingerprint density at radius 1 is 1.48 bits per heavy atom. The van der Waals surface area contributed by atoms with Gasteiger partial charge in [-0.15, -0.1) is 10.2 Å². The van der Waals surface area contributed by atoms with Gasteiger partial charge in [0.25, 0.3) is 0 Å². The summed E-state index contributed by atoms with van der Waals surface area (Å²) in [6.07, 6.45) is 2.58. The van der Waals surface area contributed by atoms with Crippen LogP contribution in [0.1, 0.15) is 20.3 Å². The Morgan fingerprint density at radius 3 is 3.00 bits per heavy atom. The molecule has 1 atom stereocenters. The van der Waals surface area contributed by atoms with E-state index in [2.05, 4.69) is 15.5 Å². The molecular formula is C14H20N4O2S. The Morgan fingerprint density at radius 2 is 2.29 bits per heavy atom. The number of aromatic nitrogens is 3. The average molecular weight is 308 g/mol. The second kappa shape index (κ2) is 6.91. The maximum absolute atomic E-state index is 12.0. The first-order chi connectivity index (χ1) is 10.1. The van der Waals surface area contributed by atoms with Crippen molar-refractivity contribution in [1.82, 2.24) is 19.9 Å². The van der Waals surface area contributed by atoms with Crippen molar-refractivity contribution in [1.29, 1.82) is 0 Å². The number of carbonyl (C=O) groups excluding carboxylic acids is 1. The lowest BCUT2D eigenvalue weighted by molar-refractivity contribution is -0.150. The van der Waals surface area contributed by atoms with Crippen LogP contribution in [0.3, 0.4) is 0 Å². The lowest BCUT2D eigenvalue weighted by Crippen LogP contribution is -2.49. The van der Waals surface area contributed by atoms with Crippen LogP contribution in [0.2, 0.25) is 0 Å². The Bertz CT molecular complexity index is 616. The number of esters is 1. The zero-order valence-electron chi connectivity index (χ0n) is 12.5. The predicted octanol–water partition coefficient (Wildman–Crippen LogP) is 1.75. The van der Waals surface area contributed by atoms with Crippen LogP contribution in [-0.4, -0.2) is 45.5 Å². The number of carbonyl (C=O) groups is 1. The van der Waals surface area contributed by atoms with E-state index in [4.69, 9.17) is 4.74 Å². The minimum atomic E-state index is -0.677. The Kier molecular flexibility index (Phi) is 5.19. The number of thioether (sulfide) groups is 1. The quantitative estimate of drug-likeness (QED) is 0.621. The van der Waals surface area contributed by atoms with Gasteiger partial charge in [0, 0.05) is 11.9 Å². The molecule has 2 aromatic rings. The second-order valence-corrected chi connectivity index (χ2v) is 5.87. The molecule has 0 aliphatic heterocycles. The van der Waals surface area contributed by atoms with Crippen molar-refractivity contribution in [2.24, 2.45) is 0 Å². The number of nitrogens with zero attached hydrogens (tertiary/aromatic N) is 3. The van der Waals surface area contributed by atoms with E-state index >= 15 is 0 Å². The average Bonchev–Trinajstić information content (AvgIpc) is 2.91. The summed E-state index contributed by atoms with van der Waals surface area (Å²) in [6, 6.07) is 5.78. The molecule has 6 nitrogen and oxygen atoms in total. The van der Waals surface area contributed by atoms with Crippen LogP contribution < -0.4 is 5.32 Å². The first-order valence-electron chi connectivity index (χ1n) is 6.89. The van der Waals surface area contributed by atoms with Gasteiger partial charge in [0.15, 0.2) is 10.8 Å². The highest BCUT2D eigenvalue weighted by Gasteiger charge is 2.32. The van der Waals surface area contributed by atoms with Gasteiger partial charge in [-0.25, -0.2) is 0 Å². The maximum atomic E-state index is 12.0. The fourth-order valence-electron chi connectivity index (χ4n) is 1.88. The normalized spacial score (nSPS) is 14.0. The highest BCUT2D eigenvalue weighted by atomic mass is 32.2. The van der Waals surface area contributed by atoms with E-state index in [-0.39, 0.29) is 5.97 Å². The van der Waals surface area contributed by atoms with Crippen LogP contribution in [0, 0.1) is 0 Å². The SMILES string of the molecule is CCOC(=O)C(C)(CCSc1nnc2ccccn12)NC. The molecule has 1 unspecified atom stereocenters. The molecule has 0 aliphatic carbocycles. The van der Waals surface area contributed by atoms with Crippen LogP contribution in [0.25, 0.3) is 5.65 Å². The first-order valence-corrected chi connectivity index (χ1v) is 7.88. The van der Waals surface area contributed by atoms with Crippen molar-refractivity contribution in [2.75, 3.05) is 19.4 Å². The van der Waals surface area contributed by atoms with E-state index in [1.807, 2.05) is 42.6 Å². The zero-order chi connectivity index (χ0) is 15.3. The van der Waals surface area contributed by atoms with Crippen molar-refractivity contribution in [3.8, 4) is 0 Å². The number of fused-ring (bicyclic) bond motifs is 1. The van der Waals surface area contributed by atoms with E-state index in [0.717, 1.165) is 16.6 Å². The summed E-state index contributed by atoms with van der Waals surface area (Å²) in [5.41, 5.74) is 0.144. The molecule has 2 heterocycles. The molecule has 0 aliphatic rings. The molecule has 7 heteroatoms. The third-order valence-corrected chi connectivity index (χ3v) is 4.34. The van der Waals surface area contributed by atoms with Crippen LogP contribution in [0.4, 0.5) is 0 Å². The molecule has 1 N–H and O–H groups in total. The van der Waals surface area contributed by atoms with Gasteiger partial charge in [0.1, 0.15) is 5.54 Å². The largest absolute Gasteiger partial charge is 0.465 e. The fraction of sp³-hybridized carbons (Fsp3) is 0.500. The van der Waals surface area contributed by atoms with Crippen LogP contribution in [0.15, 0.2) is 29.6 Å². The van der Waals surface area contributed by atoms with Crippen molar-refractivity contribution >= 4 is 23.4 Å². The summed E-state index contributed by atoms with van der Waals surface area (Å²) in [7, 11) is 1.77. The number of nitrogens with one attached hydrogen (secondary N) is 1. The van der Waals surface area contributed by atoms with Crippen LogP contribution in [-0.2, 0) is 9.53 Å². The van der Waals surface area contributed by atoms with E-state index < -0.39 is 5.54 Å². The summed E-state index contributed by atoms with van der Waals surface area (Å²) in [5, 5.41) is 12.1. The fourth-order valence-corrected chi connectivity index (χ4v) is 2.97. The first kappa shape index (κ1) is 15.8. The molecule has 0 saturated carbocycles. The smallest absolute Gasteiger partial charge is 0.326 e. The minimum Gasteiger partial charge on any atom is -0.465 e.